The highest BCUT2D eigenvalue weighted by atomic mass is 19.1. The Morgan fingerprint density at radius 2 is 2.06 bits per heavy atom. The summed E-state index contributed by atoms with van der Waals surface area (Å²) < 4.78 is 13.2. The fourth-order valence-electron chi connectivity index (χ4n) is 1.25. The summed E-state index contributed by atoms with van der Waals surface area (Å²) in [6.07, 6.45) is 0.0925. The maximum atomic E-state index is 13.2. The van der Waals surface area contributed by atoms with Gasteiger partial charge in [0.05, 0.1) is 4.92 Å². The van der Waals surface area contributed by atoms with Gasteiger partial charge in [-0.3, -0.25) is 14.9 Å². The molecular formula is C11H11FN2O4. The molecule has 0 aliphatic rings. The lowest BCUT2D eigenvalue weighted by molar-refractivity contribution is -0.387. The molecule has 0 fully saturated rings. The summed E-state index contributed by atoms with van der Waals surface area (Å²) in [7, 11) is 0. The Labute approximate surface area is 102 Å². The number of nitrogens with zero attached hydrogens (tertiary/aromatic N) is 1. The van der Waals surface area contributed by atoms with Gasteiger partial charge in [-0.25, -0.2) is 0 Å². The Balaban J connectivity index is 2.69. The second kappa shape index (κ2) is 5.85. The molecule has 1 aromatic rings. The number of nitro groups is 1. The molecule has 1 aromatic carbocycles. The Morgan fingerprint density at radius 1 is 1.39 bits per heavy atom. The van der Waals surface area contributed by atoms with Crippen molar-refractivity contribution >= 4 is 23.1 Å². The topological polar surface area (TPSA) is 89.3 Å². The minimum absolute atomic E-state index is 0.00601. The van der Waals surface area contributed by atoms with Gasteiger partial charge in [-0.2, -0.15) is 4.39 Å². The predicted molar refractivity (Wildman–Crippen MR) is 61.6 cm³/mol. The van der Waals surface area contributed by atoms with E-state index in [1.54, 1.807) is 0 Å². The van der Waals surface area contributed by atoms with E-state index in [1.165, 1.54) is 13.0 Å². The molecule has 0 spiro atoms. The van der Waals surface area contributed by atoms with Crippen molar-refractivity contribution in [3.63, 3.8) is 0 Å². The predicted octanol–water partition coefficient (Wildman–Crippen LogP) is 2.04. The molecule has 0 aliphatic heterocycles. The van der Waals surface area contributed by atoms with Crippen molar-refractivity contribution in [1.82, 2.24) is 0 Å². The highest BCUT2D eigenvalue weighted by Crippen LogP contribution is 2.20. The lowest BCUT2D eigenvalue weighted by Crippen LogP contribution is -2.12. The van der Waals surface area contributed by atoms with E-state index in [0.717, 1.165) is 12.1 Å². The van der Waals surface area contributed by atoms with Crippen molar-refractivity contribution in [2.24, 2.45) is 0 Å². The molecule has 0 radical (unpaired) electrons. The van der Waals surface area contributed by atoms with Crippen LogP contribution in [0.3, 0.4) is 0 Å². The molecule has 1 N–H and O–H groups in total. The first-order valence-electron chi connectivity index (χ1n) is 5.13. The quantitative estimate of drug-likeness (QED) is 0.643. The molecule has 0 bridgehead atoms. The van der Waals surface area contributed by atoms with Crippen molar-refractivity contribution in [1.29, 1.82) is 0 Å². The Morgan fingerprint density at radius 3 is 2.56 bits per heavy atom. The van der Waals surface area contributed by atoms with E-state index in [1.807, 2.05) is 0 Å². The SMILES string of the molecule is CC(=O)CCC(=O)Nc1ccc([N+](=O)[O-])c(F)c1. The average Bonchev–Trinajstić information content (AvgIpc) is 2.26. The van der Waals surface area contributed by atoms with Crippen LogP contribution < -0.4 is 5.32 Å². The number of hydrogen-bond donors (Lipinski definition) is 1. The first-order chi connectivity index (χ1) is 8.40. The Hall–Kier alpha value is -2.31. The van der Waals surface area contributed by atoms with E-state index in [0.29, 0.717) is 0 Å². The van der Waals surface area contributed by atoms with Crippen molar-refractivity contribution in [3.8, 4) is 0 Å². The highest BCUT2D eigenvalue weighted by molar-refractivity contribution is 5.93. The maximum Gasteiger partial charge on any atom is 0.304 e. The smallest absolute Gasteiger partial charge is 0.304 e. The number of hydrogen-bond acceptors (Lipinski definition) is 4. The Kier molecular flexibility index (Phi) is 4.47. The first kappa shape index (κ1) is 13.8. The molecule has 0 saturated heterocycles. The van der Waals surface area contributed by atoms with E-state index in [-0.39, 0.29) is 24.3 Å². The molecule has 0 aromatic heterocycles. The summed E-state index contributed by atoms with van der Waals surface area (Å²) >= 11 is 0. The zero-order valence-corrected chi connectivity index (χ0v) is 9.60. The standard InChI is InChI=1S/C11H11FN2O4/c1-7(15)2-5-11(16)13-8-3-4-10(14(17)18)9(12)6-8/h3-4,6H,2,5H2,1H3,(H,13,16). The molecule has 6 nitrogen and oxygen atoms in total. The maximum absolute atomic E-state index is 13.2. The largest absolute Gasteiger partial charge is 0.326 e. The minimum atomic E-state index is -1.02. The van der Waals surface area contributed by atoms with Crippen LogP contribution in [0.1, 0.15) is 19.8 Å². The number of carbonyl (C=O) groups is 2. The van der Waals surface area contributed by atoms with Crippen molar-refractivity contribution in [3.05, 3.63) is 34.1 Å². The van der Waals surface area contributed by atoms with Gasteiger partial charge in [0.1, 0.15) is 5.78 Å². The number of Topliss-reactive ketones (excluding diaryl/α,β-unsaturated/α-hetero) is 1. The summed E-state index contributed by atoms with van der Waals surface area (Å²) in [5.74, 6) is -1.59. The van der Waals surface area contributed by atoms with E-state index in [2.05, 4.69) is 5.32 Å². The number of benzene rings is 1. The molecule has 0 unspecified atom stereocenters. The first-order valence-corrected chi connectivity index (χ1v) is 5.13. The normalized spacial score (nSPS) is 9.89. The second-order valence-electron chi connectivity index (χ2n) is 3.67. The molecule has 96 valence electrons. The van der Waals surface area contributed by atoms with Gasteiger partial charge in [0.25, 0.3) is 0 Å². The molecule has 1 rings (SSSR count). The van der Waals surface area contributed by atoms with Crippen LogP contribution in [0.25, 0.3) is 0 Å². The van der Waals surface area contributed by atoms with Crippen molar-refractivity contribution in [2.75, 3.05) is 5.32 Å². The van der Waals surface area contributed by atoms with E-state index in [4.69, 9.17) is 0 Å². The number of amides is 1. The Bertz CT molecular complexity index is 502. The van der Waals surface area contributed by atoms with Gasteiger partial charge in [-0.1, -0.05) is 0 Å². The monoisotopic (exact) mass is 254 g/mol. The fourth-order valence-corrected chi connectivity index (χ4v) is 1.25. The summed E-state index contributed by atoms with van der Waals surface area (Å²) in [5.41, 5.74) is -0.539. The number of ketones is 1. The number of rotatable bonds is 5. The third-order valence-electron chi connectivity index (χ3n) is 2.13. The van der Waals surface area contributed by atoms with Gasteiger partial charge in [0.15, 0.2) is 0 Å². The van der Waals surface area contributed by atoms with Crippen molar-refractivity contribution < 1.29 is 18.9 Å². The van der Waals surface area contributed by atoms with E-state index >= 15 is 0 Å². The van der Waals surface area contributed by atoms with Gasteiger partial charge in [-0.15, -0.1) is 0 Å². The van der Waals surface area contributed by atoms with Crippen LogP contribution in [0.5, 0.6) is 0 Å². The molecule has 1 amide bonds. The lowest BCUT2D eigenvalue weighted by atomic mass is 10.2. The summed E-state index contributed by atoms with van der Waals surface area (Å²) in [4.78, 5) is 31.5. The van der Waals surface area contributed by atoms with Crippen molar-refractivity contribution in [2.45, 2.75) is 19.8 Å². The number of carbonyl (C=O) groups excluding carboxylic acids is 2. The zero-order valence-electron chi connectivity index (χ0n) is 9.60. The number of nitro benzene ring substituents is 1. The summed E-state index contributed by atoms with van der Waals surface area (Å²) in [6, 6.07) is 3.06. The van der Waals surface area contributed by atoms with Crippen LogP contribution in [0.4, 0.5) is 15.8 Å². The van der Waals surface area contributed by atoms with Gasteiger partial charge in [0, 0.05) is 30.7 Å². The zero-order chi connectivity index (χ0) is 13.7. The third-order valence-corrected chi connectivity index (χ3v) is 2.13. The summed E-state index contributed by atoms with van der Waals surface area (Å²) in [5, 5.41) is 12.7. The molecular weight excluding hydrogens is 243 g/mol. The third kappa shape index (κ3) is 3.93. The van der Waals surface area contributed by atoms with Crippen LogP contribution in [0, 0.1) is 15.9 Å². The lowest BCUT2D eigenvalue weighted by Gasteiger charge is -2.04. The van der Waals surface area contributed by atoms with Crippen LogP contribution in [-0.2, 0) is 9.59 Å². The average molecular weight is 254 g/mol. The number of nitrogens with one attached hydrogen (secondary N) is 1. The van der Waals surface area contributed by atoms with Gasteiger partial charge < -0.3 is 10.1 Å². The van der Waals surface area contributed by atoms with Crippen LogP contribution in [-0.4, -0.2) is 16.6 Å². The molecule has 0 atom stereocenters. The molecule has 18 heavy (non-hydrogen) atoms. The summed E-state index contributed by atoms with van der Waals surface area (Å²) in [6.45, 7) is 1.36. The number of anilines is 1. The van der Waals surface area contributed by atoms with E-state index in [9.17, 15) is 24.1 Å². The molecule has 0 heterocycles. The van der Waals surface area contributed by atoms with Crippen LogP contribution in [0.2, 0.25) is 0 Å². The number of halogens is 1. The van der Waals surface area contributed by atoms with Crippen LogP contribution in [0.15, 0.2) is 18.2 Å². The highest BCUT2D eigenvalue weighted by Gasteiger charge is 2.14. The van der Waals surface area contributed by atoms with Gasteiger partial charge >= 0.3 is 5.69 Å². The molecule has 0 aliphatic carbocycles. The van der Waals surface area contributed by atoms with Gasteiger partial charge in [0.2, 0.25) is 11.7 Å². The van der Waals surface area contributed by atoms with Gasteiger partial charge in [-0.05, 0) is 13.0 Å². The minimum Gasteiger partial charge on any atom is -0.326 e. The fraction of sp³-hybridized carbons (Fsp3) is 0.273. The second-order valence-corrected chi connectivity index (χ2v) is 3.67. The van der Waals surface area contributed by atoms with Crippen LogP contribution >= 0.6 is 0 Å². The molecule has 7 heteroatoms. The van der Waals surface area contributed by atoms with E-state index < -0.39 is 22.3 Å². The molecule has 0 saturated carbocycles.